The SMILES string of the molecule is CCCCNC(=O)CN1CCN(Cc2noc(CCCC)n2)CC1. The van der Waals surface area contributed by atoms with E-state index < -0.39 is 0 Å². The predicted octanol–water partition coefficient (Wildman–Crippen LogP) is 1.45. The molecule has 1 amide bonds. The second kappa shape index (κ2) is 10.4. The maximum atomic E-state index is 11.8. The Balaban J connectivity index is 1.65. The molecule has 0 unspecified atom stereocenters. The second-order valence-corrected chi connectivity index (χ2v) is 6.46. The van der Waals surface area contributed by atoms with Gasteiger partial charge in [0.2, 0.25) is 11.8 Å². The number of nitrogens with zero attached hydrogens (tertiary/aromatic N) is 4. The average molecular weight is 337 g/mol. The number of aromatic nitrogens is 2. The number of piperazine rings is 1. The molecule has 1 aromatic heterocycles. The van der Waals surface area contributed by atoms with Gasteiger partial charge in [-0.05, 0) is 12.8 Å². The topological polar surface area (TPSA) is 74.5 Å². The van der Waals surface area contributed by atoms with Crippen LogP contribution in [0, 0.1) is 0 Å². The molecule has 2 rings (SSSR count). The Kier molecular flexibility index (Phi) is 8.18. The average Bonchev–Trinajstić information content (AvgIpc) is 3.02. The first-order chi connectivity index (χ1) is 11.7. The van der Waals surface area contributed by atoms with E-state index in [0.29, 0.717) is 6.54 Å². The van der Waals surface area contributed by atoms with Gasteiger partial charge in [0.05, 0.1) is 13.1 Å². The third-order valence-electron chi connectivity index (χ3n) is 4.30. The van der Waals surface area contributed by atoms with E-state index in [-0.39, 0.29) is 5.91 Å². The Labute approximate surface area is 144 Å². The Morgan fingerprint density at radius 2 is 1.83 bits per heavy atom. The summed E-state index contributed by atoms with van der Waals surface area (Å²) in [6.07, 6.45) is 5.23. The lowest BCUT2D eigenvalue weighted by atomic mass is 10.2. The number of hydrogen-bond donors (Lipinski definition) is 1. The first kappa shape index (κ1) is 18.9. The van der Waals surface area contributed by atoms with E-state index in [1.807, 2.05) is 0 Å². The highest BCUT2D eigenvalue weighted by Gasteiger charge is 2.20. The van der Waals surface area contributed by atoms with Crippen molar-refractivity contribution in [1.29, 1.82) is 0 Å². The molecule has 1 aliphatic rings. The van der Waals surface area contributed by atoms with Crippen molar-refractivity contribution in [1.82, 2.24) is 25.3 Å². The molecule has 1 saturated heterocycles. The largest absolute Gasteiger partial charge is 0.355 e. The number of unbranched alkanes of at least 4 members (excludes halogenated alkanes) is 2. The van der Waals surface area contributed by atoms with Crippen LogP contribution in [-0.2, 0) is 17.8 Å². The van der Waals surface area contributed by atoms with Gasteiger partial charge in [-0.25, -0.2) is 0 Å². The molecular formula is C17H31N5O2. The van der Waals surface area contributed by atoms with E-state index in [4.69, 9.17) is 4.52 Å². The van der Waals surface area contributed by atoms with Gasteiger partial charge in [0, 0.05) is 39.1 Å². The number of carbonyl (C=O) groups excluding carboxylic acids is 1. The molecule has 1 fully saturated rings. The fourth-order valence-electron chi connectivity index (χ4n) is 2.75. The van der Waals surface area contributed by atoms with Crippen molar-refractivity contribution in [3.63, 3.8) is 0 Å². The molecule has 24 heavy (non-hydrogen) atoms. The zero-order valence-corrected chi connectivity index (χ0v) is 15.1. The summed E-state index contributed by atoms with van der Waals surface area (Å²) in [4.78, 5) is 20.8. The van der Waals surface area contributed by atoms with E-state index in [9.17, 15) is 4.79 Å². The standard InChI is InChI=1S/C17H31N5O2/c1-3-5-7-17-19-15(20-24-17)13-21-9-11-22(12-10-21)14-16(23)18-8-6-4-2/h3-14H2,1-2H3,(H,18,23). The van der Waals surface area contributed by atoms with Crippen molar-refractivity contribution < 1.29 is 9.32 Å². The molecule has 0 atom stereocenters. The van der Waals surface area contributed by atoms with Crippen LogP contribution < -0.4 is 5.32 Å². The summed E-state index contributed by atoms with van der Waals surface area (Å²) in [6, 6.07) is 0. The quantitative estimate of drug-likeness (QED) is 0.651. The van der Waals surface area contributed by atoms with Gasteiger partial charge in [-0.1, -0.05) is 31.8 Å². The van der Waals surface area contributed by atoms with Crippen LogP contribution in [0.5, 0.6) is 0 Å². The molecule has 7 nitrogen and oxygen atoms in total. The van der Waals surface area contributed by atoms with Crippen molar-refractivity contribution in [3.8, 4) is 0 Å². The van der Waals surface area contributed by atoms with E-state index in [1.165, 1.54) is 0 Å². The molecule has 0 aromatic carbocycles. The van der Waals surface area contributed by atoms with Crippen LogP contribution in [0.1, 0.15) is 51.2 Å². The fourth-order valence-corrected chi connectivity index (χ4v) is 2.75. The molecular weight excluding hydrogens is 306 g/mol. The van der Waals surface area contributed by atoms with Crippen molar-refractivity contribution in [3.05, 3.63) is 11.7 Å². The number of hydrogen-bond acceptors (Lipinski definition) is 6. The summed E-state index contributed by atoms with van der Waals surface area (Å²) >= 11 is 0. The smallest absolute Gasteiger partial charge is 0.234 e. The summed E-state index contributed by atoms with van der Waals surface area (Å²) in [7, 11) is 0. The first-order valence-corrected chi connectivity index (χ1v) is 9.24. The van der Waals surface area contributed by atoms with Gasteiger partial charge in [-0.2, -0.15) is 4.98 Å². The van der Waals surface area contributed by atoms with Gasteiger partial charge >= 0.3 is 0 Å². The molecule has 1 aromatic rings. The molecule has 0 spiro atoms. The summed E-state index contributed by atoms with van der Waals surface area (Å²) in [5, 5.41) is 7.04. The zero-order chi connectivity index (χ0) is 17.2. The molecule has 0 saturated carbocycles. The van der Waals surface area contributed by atoms with Gasteiger partial charge in [0.15, 0.2) is 5.82 Å². The van der Waals surface area contributed by atoms with Gasteiger partial charge < -0.3 is 9.84 Å². The van der Waals surface area contributed by atoms with Crippen molar-refractivity contribution in [2.45, 2.75) is 52.5 Å². The Morgan fingerprint density at radius 3 is 2.54 bits per heavy atom. The number of amides is 1. The predicted molar refractivity (Wildman–Crippen MR) is 92.5 cm³/mol. The first-order valence-electron chi connectivity index (χ1n) is 9.24. The van der Waals surface area contributed by atoms with Crippen molar-refractivity contribution in [2.24, 2.45) is 0 Å². The third kappa shape index (κ3) is 6.57. The maximum absolute atomic E-state index is 11.8. The Morgan fingerprint density at radius 1 is 1.12 bits per heavy atom. The van der Waals surface area contributed by atoms with Crippen LogP contribution in [0.4, 0.5) is 0 Å². The summed E-state index contributed by atoms with van der Waals surface area (Å²) in [5.74, 6) is 1.65. The minimum atomic E-state index is 0.135. The molecule has 0 bridgehead atoms. The molecule has 1 aliphatic heterocycles. The van der Waals surface area contributed by atoms with Crippen LogP contribution in [0.3, 0.4) is 0 Å². The Bertz CT molecular complexity index is 483. The van der Waals surface area contributed by atoms with Gasteiger partial charge in [-0.3, -0.25) is 14.6 Å². The lowest BCUT2D eigenvalue weighted by Gasteiger charge is -2.33. The van der Waals surface area contributed by atoms with E-state index in [2.05, 4.69) is 39.1 Å². The summed E-state index contributed by atoms with van der Waals surface area (Å²) < 4.78 is 5.28. The minimum absolute atomic E-state index is 0.135. The van der Waals surface area contributed by atoms with Gasteiger partial charge in [-0.15, -0.1) is 0 Å². The van der Waals surface area contributed by atoms with Crippen molar-refractivity contribution >= 4 is 5.91 Å². The second-order valence-electron chi connectivity index (χ2n) is 6.46. The summed E-state index contributed by atoms with van der Waals surface area (Å²) in [5.41, 5.74) is 0. The zero-order valence-electron chi connectivity index (χ0n) is 15.1. The lowest BCUT2D eigenvalue weighted by molar-refractivity contribution is -0.122. The molecule has 1 N–H and O–H groups in total. The summed E-state index contributed by atoms with van der Waals surface area (Å²) in [6.45, 7) is 9.97. The van der Waals surface area contributed by atoms with E-state index in [1.54, 1.807) is 0 Å². The van der Waals surface area contributed by atoms with Crippen LogP contribution in [0.25, 0.3) is 0 Å². The molecule has 7 heteroatoms. The van der Waals surface area contributed by atoms with Crippen LogP contribution in [-0.4, -0.2) is 65.1 Å². The fraction of sp³-hybridized carbons (Fsp3) is 0.824. The van der Waals surface area contributed by atoms with Gasteiger partial charge in [0.25, 0.3) is 0 Å². The monoisotopic (exact) mass is 337 g/mol. The highest BCUT2D eigenvalue weighted by atomic mass is 16.5. The van der Waals surface area contributed by atoms with Gasteiger partial charge in [0.1, 0.15) is 0 Å². The van der Waals surface area contributed by atoms with Crippen molar-refractivity contribution in [2.75, 3.05) is 39.3 Å². The number of nitrogens with one attached hydrogen (secondary N) is 1. The lowest BCUT2D eigenvalue weighted by Crippen LogP contribution is -2.49. The normalized spacial score (nSPS) is 16.4. The molecule has 2 heterocycles. The highest BCUT2D eigenvalue weighted by Crippen LogP contribution is 2.08. The molecule has 136 valence electrons. The molecule has 0 radical (unpaired) electrons. The maximum Gasteiger partial charge on any atom is 0.234 e. The third-order valence-corrected chi connectivity index (χ3v) is 4.30. The number of aryl methyl sites for hydroxylation is 1. The Hall–Kier alpha value is -1.47. The minimum Gasteiger partial charge on any atom is -0.355 e. The molecule has 0 aliphatic carbocycles. The number of carbonyl (C=O) groups is 1. The highest BCUT2D eigenvalue weighted by molar-refractivity contribution is 5.77. The van der Waals surface area contributed by atoms with E-state index in [0.717, 1.165) is 83.1 Å². The van der Waals surface area contributed by atoms with Crippen LogP contribution in [0.15, 0.2) is 4.52 Å². The van der Waals surface area contributed by atoms with Crippen LogP contribution >= 0.6 is 0 Å². The number of rotatable bonds is 10. The van der Waals surface area contributed by atoms with Crippen LogP contribution in [0.2, 0.25) is 0 Å². The van der Waals surface area contributed by atoms with E-state index >= 15 is 0 Å².